The van der Waals surface area contributed by atoms with Crippen molar-refractivity contribution in [2.24, 2.45) is 0 Å². The van der Waals surface area contributed by atoms with Gasteiger partial charge in [-0.25, -0.2) is 0 Å². The highest BCUT2D eigenvalue weighted by Gasteiger charge is 1.84. The molecule has 0 saturated heterocycles. The van der Waals surface area contributed by atoms with Crippen LogP contribution >= 0.6 is 0 Å². The first-order chi connectivity index (χ1) is 6.79. The Bertz CT molecular complexity index is 267. The molecule has 0 saturated carbocycles. The van der Waals surface area contributed by atoms with Gasteiger partial charge in [-0.05, 0) is 18.9 Å². The van der Waals surface area contributed by atoms with E-state index in [0.717, 1.165) is 12.0 Å². The minimum Gasteiger partial charge on any atom is -0.0961 e. The minimum absolute atomic E-state index is 0.994. The molecular weight excluding hydrogens is 168 g/mol. The molecule has 76 valence electrons. The second-order valence-corrected chi connectivity index (χ2v) is 2.94. The Morgan fingerprint density at radius 2 is 1.79 bits per heavy atom. The zero-order valence-corrected chi connectivity index (χ0v) is 9.46. The normalized spacial score (nSPS) is 9.36. The lowest BCUT2D eigenvalue weighted by Gasteiger charge is -1.93. The van der Waals surface area contributed by atoms with E-state index in [9.17, 15) is 0 Å². The zero-order chi connectivity index (χ0) is 10.8. The van der Waals surface area contributed by atoms with E-state index in [1.165, 1.54) is 5.56 Å². The van der Waals surface area contributed by atoms with Crippen molar-refractivity contribution in [3.05, 3.63) is 60.2 Å². The number of benzene rings is 1. The predicted molar refractivity (Wildman–Crippen MR) is 65.4 cm³/mol. The first-order valence-electron chi connectivity index (χ1n) is 5.15. The maximum atomic E-state index is 3.80. The molecular formula is C14H20. The van der Waals surface area contributed by atoms with E-state index in [1.54, 1.807) is 0 Å². The summed E-state index contributed by atoms with van der Waals surface area (Å²) >= 11 is 0. The van der Waals surface area contributed by atoms with E-state index in [2.05, 4.69) is 36.9 Å². The van der Waals surface area contributed by atoms with Crippen LogP contribution in [-0.2, 0) is 6.42 Å². The molecule has 1 rings (SSSR count). The Labute approximate surface area is 88.0 Å². The molecule has 1 aromatic rings. The molecule has 0 nitrogen and oxygen atoms in total. The van der Waals surface area contributed by atoms with Gasteiger partial charge in [-0.3, -0.25) is 0 Å². The fraction of sp³-hybridized carbons (Fsp3) is 0.286. The summed E-state index contributed by atoms with van der Waals surface area (Å²) in [6.07, 6.45) is 5.18. The Kier molecular flexibility index (Phi) is 7.53. The van der Waals surface area contributed by atoms with Crippen LogP contribution in [0.5, 0.6) is 0 Å². The predicted octanol–water partition coefficient (Wildman–Crippen LogP) is 4.39. The number of hydrogen-bond acceptors (Lipinski definition) is 0. The van der Waals surface area contributed by atoms with Crippen LogP contribution in [0.3, 0.4) is 0 Å². The molecule has 0 spiro atoms. The van der Waals surface area contributed by atoms with Crippen molar-refractivity contribution in [3.63, 3.8) is 0 Å². The third kappa shape index (κ3) is 6.24. The highest BCUT2D eigenvalue weighted by atomic mass is 13.9. The summed E-state index contributed by atoms with van der Waals surface area (Å²) in [5, 5.41) is 0. The Balaban J connectivity index is 0.000000791. The van der Waals surface area contributed by atoms with Gasteiger partial charge in [0, 0.05) is 0 Å². The lowest BCUT2D eigenvalue weighted by Crippen LogP contribution is -1.78. The molecule has 0 heterocycles. The van der Waals surface area contributed by atoms with Gasteiger partial charge in [0.05, 0.1) is 0 Å². The van der Waals surface area contributed by atoms with Crippen molar-refractivity contribution in [1.29, 1.82) is 0 Å². The van der Waals surface area contributed by atoms with Crippen molar-refractivity contribution < 1.29 is 0 Å². The molecule has 0 heteroatoms. The second kappa shape index (κ2) is 8.31. The van der Waals surface area contributed by atoms with E-state index < -0.39 is 0 Å². The summed E-state index contributed by atoms with van der Waals surface area (Å²) < 4.78 is 0. The van der Waals surface area contributed by atoms with Crippen LogP contribution in [0.4, 0.5) is 0 Å². The van der Waals surface area contributed by atoms with Crippen molar-refractivity contribution in [1.82, 2.24) is 0 Å². The van der Waals surface area contributed by atoms with E-state index in [4.69, 9.17) is 0 Å². The van der Waals surface area contributed by atoms with Crippen LogP contribution in [0.1, 0.15) is 26.3 Å². The molecule has 0 aliphatic carbocycles. The summed E-state index contributed by atoms with van der Waals surface area (Å²) in [7, 11) is 0. The van der Waals surface area contributed by atoms with Crippen LogP contribution in [0.25, 0.3) is 0 Å². The van der Waals surface area contributed by atoms with Gasteiger partial charge in [-0.15, -0.1) is 0 Å². The van der Waals surface area contributed by atoms with Gasteiger partial charge in [0.1, 0.15) is 0 Å². The summed E-state index contributed by atoms with van der Waals surface area (Å²) in [6.45, 7) is 9.80. The fourth-order valence-corrected chi connectivity index (χ4v) is 1.01. The van der Waals surface area contributed by atoms with E-state index in [0.29, 0.717) is 0 Å². The average Bonchev–Trinajstić information content (AvgIpc) is 2.22. The molecule has 0 atom stereocenters. The molecule has 0 unspecified atom stereocenters. The van der Waals surface area contributed by atoms with Crippen molar-refractivity contribution in [2.75, 3.05) is 0 Å². The van der Waals surface area contributed by atoms with Crippen LogP contribution < -0.4 is 0 Å². The first kappa shape index (κ1) is 12.7. The van der Waals surface area contributed by atoms with Crippen molar-refractivity contribution in [3.8, 4) is 0 Å². The molecule has 1 aromatic carbocycles. The highest BCUT2D eigenvalue weighted by Crippen LogP contribution is 2.01. The van der Waals surface area contributed by atoms with Gasteiger partial charge >= 0.3 is 0 Å². The third-order valence-electron chi connectivity index (χ3n) is 1.60. The quantitative estimate of drug-likeness (QED) is 0.617. The van der Waals surface area contributed by atoms with Crippen LogP contribution in [0.15, 0.2) is 54.6 Å². The molecule has 0 aliphatic rings. The number of rotatable bonds is 3. The Morgan fingerprint density at radius 1 is 1.21 bits per heavy atom. The van der Waals surface area contributed by atoms with Gasteiger partial charge in [-0.1, -0.05) is 68.5 Å². The van der Waals surface area contributed by atoms with Gasteiger partial charge in [0.15, 0.2) is 0 Å². The first-order valence-corrected chi connectivity index (χ1v) is 5.15. The zero-order valence-electron chi connectivity index (χ0n) is 9.46. The molecule has 0 aromatic heterocycles. The highest BCUT2D eigenvalue weighted by molar-refractivity contribution is 5.20. The van der Waals surface area contributed by atoms with Crippen LogP contribution in [0.2, 0.25) is 0 Å². The SMILES string of the molecule is C=C(C)/C=C/Cc1ccccc1.CC. The lowest BCUT2D eigenvalue weighted by molar-refractivity contribution is 1.26. The Hall–Kier alpha value is -1.30. The summed E-state index contributed by atoms with van der Waals surface area (Å²) in [5.41, 5.74) is 2.45. The number of allylic oxidation sites excluding steroid dienone is 3. The van der Waals surface area contributed by atoms with Gasteiger partial charge < -0.3 is 0 Å². The summed E-state index contributed by atoms with van der Waals surface area (Å²) in [4.78, 5) is 0. The molecule has 14 heavy (non-hydrogen) atoms. The Morgan fingerprint density at radius 3 is 2.29 bits per heavy atom. The monoisotopic (exact) mass is 188 g/mol. The van der Waals surface area contributed by atoms with Crippen molar-refractivity contribution in [2.45, 2.75) is 27.2 Å². The standard InChI is InChI=1S/C12H14.C2H6/c1-11(2)7-6-10-12-8-4-3-5-9-12;1-2/h3-9H,1,10H2,2H3;1-2H3/b7-6+;. The number of hydrogen-bond donors (Lipinski definition) is 0. The fourth-order valence-electron chi connectivity index (χ4n) is 1.01. The summed E-state index contributed by atoms with van der Waals surface area (Å²) in [5.74, 6) is 0. The third-order valence-corrected chi connectivity index (χ3v) is 1.60. The minimum atomic E-state index is 0.994. The van der Waals surface area contributed by atoms with E-state index >= 15 is 0 Å². The molecule has 0 amide bonds. The molecule has 0 radical (unpaired) electrons. The molecule has 0 N–H and O–H groups in total. The summed E-state index contributed by atoms with van der Waals surface area (Å²) in [6, 6.07) is 10.4. The second-order valence-electron chi connectivity index (χ2n) is 2.94. The molecule has 0 bridgehead atoms. The smallest absolute Gasteiger partial charge is 0.00942 e. The van der Waals surface area contributed by atoms with E-state index in [1.807, 2.05) is 32.9 Å². The van der Waals surface area contributed by atoms with E-state index in [-0.39, 0.29) is 0 Å². The largest absolute Gasteiger partial charge is 0.0961 e. The molecule has 0 aliphatic heterocycles. The van der Waals surface area contributed by atoms with Crippen LogP contribution in [0, 0.1) is 0 Å². The average molecular weight is 188 g/mol. The van der Waals surface area contributed by atoms with Gasteiger partial charge in [0.25, 0.3) is 0 Å². The lowest BCUT2D eigenvalue weighted by atomic mass is 10.1. The maximum absolute atomic E-state index is 3.80. The maximum Gasteiger partial charge on any atom is -0.00942 e. The topological polar surface area (TPSA) is 0 Å². The van der Waals surface area contributed by atoms with Gasteiger partial charge in [0.2, 0.25) is 0 Å². The molecule has 0 fully saturated rings. The van der Waals surface area contributed by atoms with Gasteiger partial charge in [-0.2, -0.15) is 0 Å². The van der Waals surface area contributed by atoms with Crippen LogP contribution in [-0.4, -0.2) is 0 Å². The van der Waals surface area contributed by atoms with Crippen molar-refractivity contribution >= 4 is 0 Å².